The quantitative estimate of drug-likeness (QED) is 0.830. The lowest BCUT2D eigenvalue weighted by Crippen LogP contribution is -2.35. The van der Waals surface area contributed by atoms with E-state index in [1.54, 1.807) is 11.0 Å². The van der Waals surface area contributed by atoms with Crippen molar-refractivity contribution in [1.82, 2.24) is 14.8 Å². The van der Waals surface area contributed by atoms with Crippen molar-refractivity contribution in [3.8, 4) is 12.3 Å². The fraction of sp³-hybridized carbons (Fsp3) is 0.286. The van der Waals surface area contributed by atoms with Crippen LogP contribution < -0.4 is 0 Å². The first-order valence-corrected chi connectivity index (χ1v) is 5.74. The number of aromatic nitrogens is 3. The van der Waals surface area contributed by atoms with Crippen LogP contribution >= 0.6 is 0 Å². The van der Waals surface area contributed by atoms with Gasteiger partial charge in [0.05, 0.1) is 6.04 Å². The molecule has 1 aromatic heterocycles. The van der Waals surface area contributed by atoms with E-state index in [0.717, 1.165) is 5.56 Å². The molecule has 0 aliphatic carbocycles. The Morgan fingerprint density at radius 2 is 2.17 bits per heavy atom. The summed E-state index contributed by atoms with van der Waals surface area (Å²) < 4.78 is 1.62. The first-order valence-electron chi connectivity index (χ1n) is 5.74. The summed E-state index contributed by atoms with van der Waals surface area (Å²) in [6.45, 7) is 1.87. The monoisotopic (exact) mass is 241 g/mol. The second kappa shape index (κ2) is 5.03. The van der Waals surface area contributed by atoms with Gasteiger partial charge in [0.15, 0.2) is 0 Å². The Hall–Kier alpha value is -2.12. The minimum atomic E-state index is -1.15. The van der Waals surface area contributed by atoms with Gasteiger partial charge in [-0.05, 0) is 12.5 Å². The van der Waals surface area contributed by atoms with Crippen molar-refractivity contribution in [2.45, 2.75) is 25.0 Å². The molecule has 0 saturated carbocycles. The van der Waals surface area contributed by atoms with E-state index in [-0.39, 0.29) is 12.5 Å². The molecular weight excluding hydrogens is 226 g/mol. The van der Waals surface area contributed by atoms with Crippen molar-refractivity contribution in [2.75, 3.05) is 0 Å². The molecule has 2 aromatic rings. The third-order valence-electron chi connectivity index (χ3n) is 3.17. The van der Waals surface area contributed by atoms with Gasteiger partial charge in [0.2, 0.25) is 0 Å². The molecule has 0 radical (unpaired) electrons. The zero-order chi connectivity index (χ0) is 13.0. The molecule has 4 nitrogen and oxygen atoms in total. The summed E-state index contributed by atoms with van der Waals surface area (Å²) >= 11 is 0. The average Bonchev–Trinajstić information content (AvgIpc) is 2.93. The zero-order valence-corrected chi connectivity index (χ0v) is 10.2. The normalized spacial score (nSPS) is 15.6. The van der Waals surface area contributed by atoms with Crippen LogP contribution in [0.5, 0.6) is 0 Å². The van der Waals surface area contributed by atoms with E-state index in [1.165, 1.54) is 6.33 Å². The molecule has 0 aliphatic heterocycles. The summed E-state index contributed by atoms with van der Waals surface area (Å²) in [7, 11) is 0. The van der Waals surface area contributed by atoms with Crippen LogP contribution in [-0.4, -0.2) is 19.9 Å². The van der Waals surface area contributed by atoms with Gasteiger partial charge in [0.1, 0.15) is 18.3 Å². The maximum absolute atomic E-state index is 10.9. The summed E-state index contributed by atoms with van der Waals surface area (Å²) in [5, 5.41) is 15.0. The van der Waals surface area contributed by atoms with Gasteiger partial charge in [-0.15, -0.1) is 12.3 Å². The summed E-state index contributed by atoms with van der Waals surface area (Å²) in [5.41, 5.74) is -0.366. The van der Waals surface area contributed by atoms with Crippen LogP contribution in [0.3, 0.4) is 0 Å². The highest BCUT2D eigenvalue weighted by Gasteiger charge is 2.36. The van der Waals surface area contributed by atoms with Crippen molar-refractivity contribution >= 4 is 0 Å². The molecule has 1 aromatic carbocycles. The second-order valence-corrected chi connectivity index (χ2v) is 4.22. The molecule has 0 spiro atoms. The number of aliphatic hydroxyl groups is 1. The molecular formula is C14H15N3O. The van der Waals surface area contributed by atoms with Crippen LogP contribution in [0.1, 0.15) is 24.9 Å². The Morgan fingerprint density at radius 1 is 1.44 bits per heavy atom. The van der Waals surface area contributed by atoms with Crippen LogP contribution in [0.25, 0.3) is 0 Å². The van der Waals surface area contributed by atoms with Crippen molar-refractivity contribution in [1.29, 1.82) is 0 Å². The van der Waals surface area contributed by atoms with Gasteiger partial charge in [-0.3, -0.25) is 0 Å². The Labute approximate surface area is 106 Å². The molecule has 18 heavy (non-hydrogen) atoms. The number of rotatable bonds is 4. The van der Waals surface area contributed by atoms with Crippen molar-refractivity contribution < 1.29 is 5.11 Å². The summed E-state index contributed by atoms with van der Waals surface area (Å²) in [5.74, 6) is 2.54. The van der Waals surface area contributed by atoms with Gasteiger partial charge in [-0.1, -0.05) is 30.3 Å². The Morgan fingerprint density at radius 3 is 2.72 bits per heavy atom. The van der Waals surface area contributed by atoms with Gasteiger partial charge in [0.25, 0.3) is 0 Å². The number of benzene rings is 1. The molecule has 1 N–H and O–H groups in total. The predicted octanol–water partition coefficient (Wildman–Crippen LogP) is 1.75. The van der Waals surface area contributed by atoms with Crippen molar-refractivity contribution in [2.24, 2.45) is 0 Å². The van der Waals surface area contributed by atoms with Crippen LogP contribution in [0.15, 0.2) is 43.0 Å². The van der Waals surface area contributed by atoms with Gasteiger partial charge in [0, 0.05) is 6.42 Å². The SMILES string of the molecule is C#CCC(O)(c1ccccc1)C(C)n1cncn1. The Bertz CT molecular complexity index is 530. The van der Waals surface area contributed by atoms with Crippen LogP contribution in [0, 0.1) is 12.3 Å². The van der Waals surface area contributed by atoms with Crippen LogP contribution in [0.2, 0.25) is 0 Å². The number of hydrogen-bond acceptors (Lipinski definition) is 3. The molecule has 0 bridgehead atoms. The molecule has 0 aliphatic rings. The third-order valence-corrected chi connectivity index (χ3v) is 3.17. The highest BCUT2D eigenvalue weighted by molar-refractivity contribution is 5.25. The molecule has 0 fully saturated rings. The van der Waals surface area contributed by atoms with E-state index in [9.17, 15) is 5.11 Å². The van der Waals surface area contributed by atoms with E-state index in [1.807, 2.05) is 37.3 Å². The average molecular weight is 241 g/mol. The molecule has 4 heteroatoms. The standard InChI is InChI=1S/C14H15N3O/c1-3-9-14(18,13-7-5-4-6-8-13)12(2)17-11-15-10-16-17/h1,4-8,10-12,18H,9H2,2H3. The lowest BCUT2D eigenvalue weighted by atomic mass is 9.84. The largest absolute Gasteiger partial charge is 0.382 e. The first kappa shape index (κ1) is 12.3. The van der Waals surface area contributed by atoms with E-state index in [2.05, 4.69) is 16.0 Å². The van der Waals surface area contributed by atoms with E-state index < -0.39 is 5.60 Å². The minimum absolute atomic E-state index is 0.220. The van der Waals surface area contributed by atoms with Crippen molar-refractivity contribution in [3.63, 3.8) is 0 Å². The predicted molar refractivity (Wildman–Crippen MR) is 68.5 cm³/mol. The molecule has 1 heterocycles. The Balaban J connectivity index is 2.42. The fourth-order valence-electron chi connectivity index (χ4n) is 2.01. The van der Waals surface area contributed by atoms with Gasteiger partial charge in [-0.2, -0.15) is 5.10 Å². The summed E-state index contributed by atoms with van der Waals surface area (Å²) in [6.07, 6.45) is 8.63. The fourth-order valence-corrected chi connectivity index (χ4v) is 2.01. The summed E-state index contributed by atoms with van der Waals surface area (Å²) in [6, 6.07) is 9.10. The number of terminal acetylenes is 1. The van der Waals surface area contributed by atoms with E-state index in [4.69, 9.17) is 6.42 Å². The lowest BCUT2D eigenvalue weighted by molar-refractivity contribution is -0.0109. The van der Waals surface area contributed by atoms with Crippen LogP contribution in [0.4, 0.5) is 0 Å². The topological polar surface area (TPSA) is 50.9 Å². The molecule has 2 atom stereocenters. The number of nitrogens with zero attached hydrogens (tertiary/aromatic N) is 3. The lowest BCUT2D eigenvalue weighted by Gasteiger charge is -2.33. The van der Waals surface area contributed by atoms with Crippen LogP contribution in [-0.2, 0) is 5.60 Å². The molecule has 0 saturated heterocycles. The third kappa shape index (κ3) is 2.13. The molecule has 2 unspecified atom stereocenters. The number of hydrogen-bond donors (Lipinski definition) is 1. The van der Waals surface area contributed by atoms with Gasteiger partial charge >= 0.3 is 0 Å². The second-order valence-electron chi connectivity index (χ2n) is 4.22. The molecule has 2 rings (SSSR count). The minimum Gasteiger partial charge on any atom is -0.382 e. The first-order chi connectivity index (χ1) is 8.68. The molecule has 0 amide bonds. The summed E-state index contributed by atoms with van der Waals surface area (Å²) in [4.78, 5) is 3.90. The smallest absolute Gasteiger partial charge is 0.137 e. The van der Waals surface area contributed by atoms with Gasteiger partial charge in [-0.25, -0.2) is 9.67 Å². The highest BCUT2D eigenvalue weighted by atomic mass is 16.3. The maximum Gasteiger partial charge on any atom is 0.137 e. The van der Waals surface area contributed by atoms with E-state index >= 15 is 0 Å². The van der Waals surface area contributed by atoms with E-state index in [0.29, 0.717) is 0 Å². The molecule has 92 valence electrons. The maximum atomic E-state index is 10.9. The van der Waals surface area contributed by atoms with Gasteiger partial charge < -0.3 is 5.11 Å². The zero-order valence-electron chi connectivity index (χ0n) is 10.2. The Kier molecular flexibility index (Phi) is 3.45. The highest BCUT2D eigenvalue weighted by Crippen LogP contribution is 2.35. The van der Waals surface area contributed by atoms with Crippen molar-refractivity contribution in [3.05, 3.63) is 48.5 Å².